The third-order valence-corrected chi connectivity index (χ3v) is 8.19. The second-order valence-corrected chi connectivity index (χ2v) is 10.4. The summed E-state index contributed by atoms with van der Waals surface area (Å²) in [6.07, 6.45) is 3.54. The number of aliphatic carboxylic acids is 1. The Morgan fingerprint density at radius 3 is 2.79 bits per heavy atom. The van der Waals surface area contributed by atoms with Crippen LogP contribution in [0.25, 0.3) is 22.8 Å². The highest BCUT2D eigenvalue weighted by molar-refractivity contribution is 8.02. The normalized spacial score (nSPS) is 23.8. The molecule has 1 atom stereocenters. The topological polar surface area (TPSA) is 79.5 Å². The van der Waals surface area contributed by atoms with E-state index in [0.717, 1.165) is 35.5 Å². The molecule has 8 heteroatoms. The first-order chi connectivity index (χ1) is 16.5. The van der Waals surface area contributed by atoms with E-state index in [4.69, 9.17) is 9.63 Å². The van der Waals surface area contributed by atoms with Crippen LogP contribution in [-0.4, -0.2) is 37.9 Å². The Bertz CT molecular complexity index is 1310. The molecule has 6 nitrogen and oxygen atoms in total. The smallest absolute Gasteiger partial charge is 0.306 e. The summed E-state index contributed by atoms with van der Waals surface area (Å²) in [4.78, 5) is 18.0. The molecule has 0 amide bonds. The number of aryl methyl sites for hydroxylation is 1. The summed E-state index contributed by atoms with van der Waals surface area (Å²) in [6, 6.07) is 9.80. The van der Waals surface area contributed by atoms with E-state index in [1.165, 1.54) is 11.1 Å². The highest BCUT2D eigenvalue weighted by Gasteiger charge is 2.39. The van der Waals surface area contributed by atoms with Gasteiger partial charge in [0.15, 0.2) is 0 Å². The van der Waals surface area contributed by atoms with Crippen molar-refractivity contribution in [3.05, 3.63) is 69.9 Å². The quantitative estimate of drug-likeness (QED) is 0.529. The molecule has 3 aromatic rings. The molecule has 2 aliphatic heterocycles. The maximum atomic E-state index is 15.0. The van der Waals surface area contributed by atoms with Gasteiger partial charge in [-0.1, -0.05) is 23.4 Å². The summed E-state index contributed by atoms with van der Waals surface area (Å²) in [5.41, 5.74) is 5.58. The minimum absolute atomic E-state index is 0.176. The van der Waals surface area contributed by atoms with Gasteiger partial charge in [0.1, 0.15) is 5.82 Å². The number of halogens is 1. The molecule has 34 heavy (non-hydrogen) atoms. The van der Waals surface area contributed by atoms with Gasteiger partial charge in [-0.05, 0) is 65.6 Å². The number of allylic oxidation sites excluding steroid dienone is 1. The zero-order chi connectivity index (χ0) is 23.4. The Hall–Kier alpha value is -2.97. The number of aromatic nitrogens is 2. The molecule has 1 N–H and O–H groups in total. The van der Waals surface area contributed by atoms with Crippen LogP contribution < -0.4 is 0 Å². The number of hydrogen-bond acceptors (Lipinski definition) is 6. The van der Waals surface area contributed by atoms with Crippen molar-refractivity contribution in [2.75, 3.05) is 5.75 Å². The van der Waals surface area contributed by atoms with Crippen LogP contribution in [0.15, 0.2) is 46.3 Å². The second kappa shape index (κ2) is 8.36. The van der Waals surface area contributed by atoms with Gasteiger partial charge in [-0.25, -0.2) is 4.39 Å². The monoisotopic (exact) mass is 477 g/mol. The fourth-order valence-corrected chi connectivity index (χ4v) is 6.08. The van der Waals surface area contributed by atoms with E-state index in [1.54, 1.807) is 23.9 Å². The molecule has 6 rings (SSSR count). The fraction of sp³-hybridized carbons (Fsp3) is 0.346. The Kier molecular flexibility index (Phi) is 5.30. The van der Waals surface area contributed by atoms with Crippen molar-refractivity contribution in [1.29, 1.82) is 0 Å². The third kappa shape index (κ3) is 3.75. The predicted octanol–water partition coefficient (Wildman–Crippen LogP) is 5.37. The van der Waals surface area contributed by atoms with Crippen LogP contribution in [0.5, 0.6) is 0 Å². The van der Waals surface area contributed by atoms with Crippen molar-refractivity contribution >= 4 is 17.7 Å². The van der Waals surface area contributed by atoms with E-state index in [0.29, 0.717) is 30.3 Å². The maximum Gasteiger partial charge on any atom is 0.306 e. The number of thioether (sulfide) groups is 1. The van der Waals surface area contributed by atoms with Gasteiger partial charge in [0.05, 0.1) is 11.5 Å². The minimum atomic E-state index is -0.696. The molecule has 1 aromatic heterocycles. The number of nitrogens with zero attached hydrogens (tertiary/aromatic N) is 3. The molecule has 1 unspecified atom stereocenters. The minimum Gasteiger partial charge on any atom is -0.481 e. The molecule has 1 saturated carbocycles. The average Bonchev–Trinajstić information content (AvgIpc) is 3.53. The summed E-state index contributed by atoms with van der Waals surface area (Å²) in [5, 5.41) is 15.3. The first-order valence-corrected chi connectivity index (χ1v) is 12.5. The number of fused-ring (bicyclic) bond motifs is 1. The van der Waals surface area contributed by atoms with Crippen molar-refractivity contribution in [2.24, 2.45) is 5.92 Å². The molecule has 1 fully saturated rings. The van der Waals surface area contributed by atoms with E-state index in [9.17, 15) is 9.18 Å². The molecular formula is C26H24FN3O3S. The van der Waals surface area contributed by atoms with Gasteiger partial charge in [-0.3, -0.25) is 9.69 Å². The van der Waals surface area contributed by atoms with Crippen LogP contribution in [0.4, 0.5) is 4.39 Å². The Morgan fingerprint density at radius 2 is 2.03 bits per heavy atom. The standard InChI is InChI=1S/C26H24FN3O3S/c1-14-6-22(23(27)10-21(14)17-4-5-34-13-17)25-28-24(29-33-25)15-2-3-16-11-30(12-19(16)7-15)20-8-18(9-20)26(31)32/h2-7,10,17-18,20H,8-9,11-13H2,1H3,(H,31,32). The summed E-state index contributed by atoms with van der Waals surface area (Å²) < 4.78 is 20.5. The number of carboxylic acid groups (broad SMARTS) is 1. The molecule has 0 saturated heterocycles. The van der Waals surface area contributed by atoms with E-state index < -0.39 is 5.97 Å². The second-order valence-electron chi connectivity index (χ2n) is 9.43. The highest BCUT2D eigenvalue weighted by atomic mass is 32.2. The number of hydrogen-bond donors (Lipinski definition) is 1. The molecule has 0 radical (unpaired) electrons. The van der Waals surface area contributed by atoms with Crippen molar-refractivity contribution in [1.82, 2.24) is 15.0 Å². The zero-order valence-electron chi connectivity index (χ0n) is 18.7. The number of carbonyl (C=O) groups is 1. The Balaban J connectivity index is 1.21. The van der Waals surface area contributed by atoms with Gasteiger partial charge in [-0.2, -0.15) is 4.98 Å². The van der Waals surface area contributed by atoms with Crippen LogP contribution in [0, 0.1) is 18.7 Å². The lowest BCUT2D eigenvalue weighted by Crippen LogP contribution is -2.44. The van der Waals surface area contributed by atoms with E-state index in [-0.39, 0.29) is 23.5 Å². The lowest BCUT2D eigenvalue weighted by Gasteiger charge is -2.39. The molecule has 3 aliphatic rings. The van der Waals surface area contributed by atoms with Gasteiger partial charge in [-0.15, -0.1) is 11.8 Å². The number of carboxylic acids is 1. The molecule has 0 bridgehead atoms. The average molecular weight is 478 g/mol. The predicted molar refractivity (Wildman–Crippen MR) is 128 cm³/mol. The van der Waals surface area contributed by atoms with Gasteiger partial charge < -0.3 is 9.63 Å². The van der Waals surface area contributed by atoms with Crippen LogP contribution in [0.3, 0.4) is 0 Å². The lowest BCUT2D eigenvalue weighted by atomic mass is 9.79. The Labute approximate surface area is 200 Å². The maximum absolute atomic E-state index is 15.0. The zero-order valence-corrected chi connectivity index (χ0v) is 19.5. The van der Waals surface area contributed by atoms with Gasteiger partial charge in [0.2, 0.25) is 5.82 Å². The molecule has 0 spiro atoms. The third-order valence-electron chi connectivity index (χ3n) is 7.28. The number of rotatable bonds is 5. The summed E-state index contributed by atoms with van der Waals surface area (Å²) >= 11 is 1.74. The van der Waals surface area contributed by atoms with Crippen molar-refractivity contribution in [2.45, 2.75) is 44.8 Å². The summed E-state index contributed by atoms with van der Waals surface area (Å²) in [7, 11) is 0. The lowest BCUT2D eigenvalue weighted by molar-refractivity contribution is -0.147. The molecule has 3 heterocycles. The fourth-order valence-electron chi connectivity index (χ4n) is 5.17. The summed E-state index contributed by atoms with van der Waals surface area (Å²) in [6.45, 7) is 3.60. The SMILES string of the molecule is Cc1cc(-c2nc(-c3ccc4c(c3)CN(C3CC(C(=O)O)C3)C4)no2)c(F)cc1C1C=CSC1. The van der Waals surface area contributed by atoms with Crippen LogP contribution in [0.2, 0.25) is 0 Å². The van der Waals surface area contributed by atoms with E-state index >= 15 is 0 Å². The number of benzene rings is 2. The summed E-state index contributed by atoms with van der Waals surface area (Å²) in [5.74, 6) is 0.504. The highest BCUT2D eigenvalue weighted by Crippen LogP contribution is 2.38. The molecule has 174 valence electrons. The molecule has 2 aromatic carbocycles. The van der Waals surface area contributed by atoms with Crippen LogP contribution in [-0.2, 0) is 17.9 Å². The largest absolute Gasteiger partial charge is 0.481 e. The van der Waals surface area contributed by atoms with E-state index in [1.807, 2.05) is 13.0 Å². The van der Waals surface area contributed by atoms with Crippen LogP contribution >= 0.6 is 11.8 Å². The van der Waals surface area contributed by atoms with Gasteiger partial charge in [0, 0.05) is 36.4 Å². The van der Waals surface area contributed by atoms with Crippen LogP contribution in [0.1, 0.15) is 41.0 Å². The van der Waals surface area contributed by atoms with Crippen molar-refractivity contribution < 1.29 is 18.8 Å². The first-order valence-electron chi connectivity index (χ1n) is 11.5. The van der Waals surface area contributed by atoms with E-state index in [2.05, 4.69) is 38.7 Å². The Morgan fingerprint density at radius 1 is 1.21 bits per heavy atom. The first kappa shape index (κ1) is 21.6. The van der Waals surface area contributed by atoms with Gasteiger partial charge in [0.25, 0.3) is 5.89 Å². The van der Waals surface area contributed by atoms with Gasteiger partial charge >= 0.3 is 5.97 Å². The molecule has 1 aliphatic carbocycles. The van der Waals surface area contributed by atoms with Crippen molar-refractivity contribution in [3.63, 3.8) is 0 Å². The van der Waals surface area contributed by atoms with Crippen molar-refractivity contribution in [3.8, 4) is 22.8 Å². The molecular weight excluding hydrogens is 453 g/mol.